The lowest BCUT2D eigenvalue weighted by molar-refractivity contribution is 0.381. The lowest BCUT2D eigenvalue weighted by Gasteiger charge is -2.34. The molecular formula is C23H23N5O4S. The summed E-state index contributed by atoms with van der Waals surface area (Å²) in [6.07, 6.45) is 0. The Labute approximate surface area is 191 Å². The van der Waals surface area contributed by atoms with Crippen LogP contribution in [0.4, 0.5) is 5.82 Å². The molecule has 1 saturated heterocycles. The second-order valence-electron chi connectivity index (χ2n) is 7.79. The van der Waals surface area contributed by atoms with Crippen LogP contribution in [0, 0.1) is 6.92 Å². The van der Waals surface area contributed by atoms with Crippen molar-refractivity contribution in [3.63, 3.8) is 0 Å². The van der Waals surface area contributed by atoms with E-state index in [1.54, 1.807) is 12.1 Å². The van der Waals surface area contributed by atoms with Crippen molar-refractivity contribution in [2.45, 2.75) is 12.7 Å². The average Bonchev–Trinajstić information content (AvgIpc) is 3.22. The second-order valence-corrected chi connectivity index (χ2v) is 9.76. The topological polar surface area (TPSA) is 102 Å². The monoisotopic (exact) mass is 465 g/mol. The SMILES string of the molecule is Cc1nc(Oc2ccccc2)cc(N2CCN(S(=O)(=O)Cc3noc4ccccc34)CC2)n1. The van der Waals surface area contributed by atoms with Crippen LogP contribution in [-0.2, 0) is 15.8 Å². The number of nitrogens with zero attached hydrogens (tertiary/aromatic N) is 5. The molecule has 1 aliphatic rings. The molecular weight excluding hydrogens is 442 g/mol. The van der Waals surface area contributed by atoms with E-state index >= 15 is 0 Å². The van der Waals surface area contributed by atoms with Gasteiger partial charge in [-0.25, -0.2) is 13.4 Å². The van der Waals surface area contributed by atoms with Crippen LogP contribution in [0.3, 0.4) is 0 Å². The quantitative estimate of drug-likeness (QED) is 0.427. The van der Waals surface area contributed by atoms with E-state index in [4.69, 9.17) is 9.26 Å². The van der Waals surface area contributed by atoms with Crippen molar-refractivity contribution < 1.29 is 17.7 Å². The van der Waals surface area contributed by atoms with Crippen LogP contribution in [0.5, 0.6) is 11.6 Å². The van der Waals surface area contributed by atoms with Gasteiger partial charge in [0.2, 0.25) is 15.9 Å². The average molecular weight is 466 g/mol. The number of fused-ring (bicyclic) bond motifs is 1. The number of benzene rings is 2. The summed E-state index contributed by atoms with van der Waals surface area (Å²) in [5, 5.41) is 4.69. The number of hydrogen-bond acceptors (Lipinski definition) is 8. The molecule has 0 radical (unpaired) electrons. The maximum absolute atomic E-state index is 13.0. The minimum Gasteiger partial charge on any atom is -0.439 e. The molecule has 0 aliphatic carbocycles. The number of piperazine rings is 1. The maximum atomic E-state index is 13.0. The van der Waals surface area contributed by atoms with Crippen LogP contribution in [0.25, 0.3) is 11.0 Å². The van der Waals surface area contributed by atoms with E-state index in [9.17, 15) is 8.42 Å². The number of sulfonamides is 1. The first-order valence-corrected chi connectivity index (χ1v) is 12.2. The van der Waals surface area contributed by atoms with E-state index in [1.165, 1.54) is 4.31 Å². The number of para-hydroxylation sites is 2. The number of hydrogen-bond donors (Lipinski definition) is 0. The Hall–Kier alpha value is -3.50. The Kier molecular flexibility index (Phi) is 5.69. The Balaban J connectivity index is 1.27. The second kappa shape index (κ2) is 8.80. The highest BCUT2D eigenvalue weighted by atomic mass is 32.2. The molecule has 1 fully saturated rings. The molecule has 0 unspecified atom stereocenters. The predicted molar refractivity (Wildman–Crippen MR) is 124 cm³/mol. The van der Waals surface area contributed by atoms with Crippen molar-refractivity contribution in [1.82, 2.24) is 19.4 Å². The molecule has 4 aromatic rings. The zero-order valence-corrected chi connectivity index (χ0v) is 18.9. The molecule has 10 heteroatoms. The maximum Gasteiger partial charge on any atom is 0.224 e. The Bertz CT molecular complexity index is 1370. The van der Waals surface area contributed by atoms with Crippen LogP contribution in [-0.4, -0.2) is 54.0 Å². The summed E-state index contributed by atoms with van der Waals surface area (Å²) in [4.78, 5) is 10.9. The molecule has 9 nitrogen and oxygen atoms in total. The molecule has 33 heavy (non-hydrogen) atoms. The molecule has 0 spiro atoms. The van der Waals surface area contributed by atoms with Gasteiger partial charge >= 0.3 is 0 Å². The van der Waals surface area contributed by atoms with Crippen molar-refractivity contribution in [1.29, 1.82) is 0 Å². The molecule has 170 valence electrons. The number of aryl methyl sites for hydroxylation is 1. The van der Waals surface area contributed by atoms with Crippen molar-refractivity contribution in [3.8, 4) is 11.6 Å². The predicted octanol–water partition coefficient (Wildman–Crippen LogP) is 3.37. The fourth-order valence-corrected chi connectivity index (χ4v) is 5.31. The number of rotatable bonds is 6. The largest absolute Gasteiger partial charge is 0.439 e. The van der Waals surface area contributed by atoms with Gasteiger partial charge in [0.15, 0.2) is 5.58 Å². The van der Waals surface area contributed by atoms with E-state index in [2.05, 4.69) is 15.1 Å². The summed E-state index contributed by atoms with van der Waals surface area (Å²) in [6, 6.07) is 18.5. The van der Waals surface area contributed by atoms with Gasteiger partial charge < -0.3 is 14.2 Å². The summed E-state index contributed by atoms with van der Waals surface area (Å²) < 4.78 is 38.7. The third kappa shape index (κ3) is 4.67. The van der Waals surface area contributed by atoms with Gasteiger partial charge in [-0.15, -0.1) is 0 Å². The van der Waals surface area contributed by atoms with E-state index in [-0.39, 0.29) is 5.75 Å². The Morgan fingerprint density at radius 2 is 1.70 bits per heavy atom. The van der Waals surface area contributed by atoms with E-state index in [1.807, 2.05) is 60.4 Å². The summed E-state index contributed by atoms with van der Waals surface area (Å²) >= 11 is 0. The first-order valence-electron chi connectivity index (χ1n) is 10.6. The third-order valence-electron chi connectivity index (χ3n) is 5.49. The van der Waals surface area contributed by atoms with Gasteiger partial charge in [-0.1, -0.05) is 35.5 Å². The molecule has 5 rings (SSSR count). The Morgan fingerprint density at radius 3 is 2.48 bits per heavy atom. The summed E-state index contributed by atoms with van der Waals surface area (Å²) in [7, 11) is -3.53. The van der Waals surface area contributed by atoms with Crippen LogP contribution in [0.2, 0.25) is 0 Å². The van der Waals surface area contributed by atoms with Gasteiger partial charge in [0.25, 0.3) is 0 Å². The first-order chi connectivity index (χ1) is 16.0. The van der Waals surface area contributed by atoms with Crippen LogP contribution < -0.4 is 9.64 Å². The highest BCUT2D eigenvalue weighted by Crippen LogP contribution is 2.25. The molecule has 0 amide bonds. The molecule has 2 aromatic heterocycles. The minimum atomic E-state index is -3.53. The van der Waals surface area contributed by atoms with Gasteiger partial charge in [0.05, 0.1) is 0 Å². The lowest BCUT2D eigenvalue weighted by Crippen LogP contribution is -2.49. The molecule has 3 heterocycles. The Morgan fingerprint density at radius 1 is 0.970 bits per heavy atom. The zero-order valence-electron chi connectivity index (χ0n) is 18.1. The molecule has 0 saturated carbocycles. The minimum absolute atomic E-state index is 0.189. The zero-order chi connectivity index (χ0) is 22.8. The van der Waals surface area contributed by atoms with E-state index in [0.29, 0.717) is 60.7 Å². The highest BCUT2D eigenvalue weighted by molar-refractivity contribution is 7.88. The molecule has 2 aromatic carbocycles. The number of ether oxygens (including phenoxy) is 1. The standard InChI is InChI=1S/C23H23N5O4S/c1-17-24-22(15-23(25-17)31-18-7-3-2-4-8-18)27-11-13-28(14-12-27)33(29,30)16-20-19-9-5-6-10-21(19)32-26-20/h2-10,15H,11-14,16H2,1H3. The third-order valence-corrected chi connectivity index (χ3v) is 7.28. The van der Waals surface area contributed by atoms with Crippen molar-refractivity contribution >= 4 is 26.8 Å². The molecule has 0 bridgehead atoms. The highest BCUT2D eigenvalue weighted by Gasteiger charge is 2.29. The normalized spacial score (nSPS) is 15.1. The van der Waals surface area contributed by atoms with Gasteiger partial charge in [0.1, 0.15) is 28.8 Å². The fraction of sp³-hybridized carbons (Fsp3) is 0.261. The van der Waals surface area contributed by atoms with Crippen LogP contribution >= 0.6 is 0 Å². The van der Waals surface area contributed by atoms with Gasteiger partial charge in [-0.05, 0) is 31.2 Å². The van der Waals surface area contributed by atoms with E-state index in [0.717, 1.165) is 5.39 Å². The van der Waals surface area contributed by atoms with Gasteiger partial charge in [0, 0.05) is 37.6 Å². The molecule has 1 aliphatic heterocycles. The van der Waals surface area contributed by atoms with Gasteiger partial charge in [-0.2, -0.15) is 9.29 Å². The molecule has 0 atom stereocenters. The van der Waals surface area contributed by atoms with Crippen molar-refractivity contribution in [3.05, 3.63) is 72.2 Å². The smallest absolute Gasteiger partial charge is 0.224 e. The summed E-state index contributed by atoms with van der Waals surface area (Å²) in [5.41, 5.74) is 1.02. The van der Waals surface area contributed by atoms with Crippen molar-refractivity contribution in [2.75, 3.05) is 31.1 Å². The lowest BCUT2D eigenvalue weighted by atomic mass is 10.2. The summed E-state index contributed by atoms with van der Waals surface area (Å²) in [6.45, 7) is 3.55. The van der Waals surface area contributed by atoms with Crippen molar-refractivity contribution in [2.24, 2.45) is 0 Å². The van der Waals surface area contributed by atoms with E-state index < -0.39 is 10.0 Å². The van der Waals surface area contributed by atoms with Crippen LogP contribution in [0.15, 0.2) is 65.2 Å². The first kappa shape index (κ1) is 21.4. The molecule has 0 N–H and O–H groups in total. The van der Waals surface area contributed by atoms with Crippen LogP contribution in [0.1, 0.15) is 11.5 Å². The summed E-state index contributed by atoms with van der Waals surface area (Å²) in [5.74, 6) is 2.26. The number of anilines is 1. The van der Waals surface area contributed by atoms with Gasteiger partial charge in [-0.3, -0.25) is 0 Å². The number of aromatic nitrogens is 3. The fourth-order valence-electron chi connectivity index (χ4n) is 3.85.